The molecule has 3 aliphatic rings. The van der Waals surface area contributed by atoms with Crippen LogP contribution in [-0.4, -0.2) is 33.7 Å². The van der Waals surface area contributed by atoms with Crippen molar-refractivity contribution in [1.29, 1.82) is 0 Å². The predicted octanol–water partition coefficient (Wildman–Crippen LogP) is 3.53. The summed E-state index contributed by atoms with van der Waals surface area (Å²) in [5.41, 5.74) is 4.36. The van der Waals surface area contributed by atoms with Crippen molar-refractivity contribution in [2.75, 3.05) is 6.61 Å². The van der Waals surface area contributed by atoms with Crippen LogP contribution in [0.5, 0.6) is 0 Å². The Balaban J connectivity index is 1.16. The van der Waals surface area contributed by atoms with Gasteiger partial charge < -0.3 is 4.74 Å². The number of aromatic nitrogens is 2. The van der Waals surface area contributed by atoms with Crippen molar-refractivity contribution in [2.45, 2.75) is 71.8 Å². The molecule has 2 unspecified atom stereocenters. The van der Waals surface area contributed by atoms with Crippen LogP contribution in [-0.2, 0) is 20.7 Å². The smallest absolute Gasteiger partial charge is 0.306 e. The van der Waals surface area contributed by atoms with Crippen molar-refractivity contribution in [1.82, 2.24) is 15.0 Å². The molecule has 1 amide bonds. The van der Waals surface area contributed by atoms with E-state index in [4.69, 9.17) is 4.74 Å². The summed E-state index contributed by atoms with van der Waals surface area (Å²) >= 11 is 0. The van der Waals surface area contributed by atoms with Crippen LogP contribution in [0.25, 0.3) is 10.9 Å². The molecule has 0 spiro atoms. The minimum absolute atomic E-state index is 0.00578. The van der Waals surface area contributed by atoms with E-state index in [2.05, 4.69) is 36.3 Å². The van der Waals surface area contributed by atoms with E-state index in [1.807, 2.05) is 12.1 Å². The number of hydrogen-bond acceptors (Lipinski definition) is 6. The molecule has 1 aromatic heterocycles. The van der Waals surface area contributed by atoms with Crippen LogP contribution >= 0.6 is 0 Å². The van der Waals surface area contributed by atoms with Gasteiger partial charge in [-0.2, -0.15) is 5.10 Å². The van der Waals surface area contributed by atoms with Crippen LogP contribution in [0, 0.1) is 16.7 Å². The summed E-state index contributed by atoms with van der Waals surface area (Å²) in [5, 5.41) is 4.99. The third-order valence-electron chi connectivity index (χ3n) is 8.54. The van der Waals surface area contributed by atoms with Gasteiger partial charge in [0.25, 0.3) is 11.5 Å². The summed E-state index contributed by atoms with van der Waals surface area (Å²) < 4.78 is 6.89. The maximum absolute atomic E-state index is 12.9. The Morgan fingerprint density at radius 3 is 2.65 bits per heavy atom. The average molecular weight is 465 g/mol. The van der Waals surface area contributed by atoms with Gasteiger partial charge in [-0.15, -0.1) is 0 Å². The molecule has 1 heterocycles. The first-order chi connectivity index (χ1) is 16.2. The standard InChI is InChI=1S/C26H32N4O4/c1-25(2)16-12-13-26(25,3)20(14-16)28-29-22(31)15-34-23(32)11-10-21-27-19-7-5-4-6-18(19)24(33)30(21)17-8-9-17/h4-7,16-17H,8-15H2,1-3H3,(H,29,31)/b28-20-. The summed E-state index contributed by atoms with van der Waals surface area (Å²) in [4.78, 5) is 42.1. The van der Waals surface area contributed by atoms with Crippen molar-refractivity contribution in [3.63, 3.8) is 0 Å². The number of fused-ring (bicyclic) bond motifs is 3. The highest BCUT2D eigenvalue weighted by molar-refractivity contribution is 5.95. The molecule has 3 saturated carbocycles. The van der Waals surface area contributed by atoms with Gasteiger partial charge in [0.05, 0.1) is 17.3 Å². The van der Waals surface area contributed by atoms with Gasteiger partial charge in [-0.25, -0.2) is 10.4 Å². The molecule has 0 aliphatic heterocycles. The molecule has 2 aromatic rings. The lowest BCUT2D eigenvalue weighted by Gasteiger charge is -2.34. The lowest BCUT2D eigenvalue weighted by Crippen LogP contribution is -2.35. The first-order valence-corrected chi connectivity index (χ1v) is 12.2. The molecule has 8 heteroatoms. The van der Waals surface area contributed by atoms with Crippen LogP contribution in [0.1, 0.15) is 71.2 Å². The molecule has 180 valence electrons. The van der Waals surface area contributed by atoms with Crippen LogP contribution in [0.3, 0.4) is 0 Å². The quantitative estimate of drug-likeness (QED) is 0.499. The fraction of sp³-hybridized carbons (Fsp3) is 0.577. The van der Waals surface area contributed by atoms with Crippen molar-refractivity contribution in [3.05, 3.63) is 40.4 Å². The molecule has 5 rings (SSSR count). The molecular weight excluding hydrogens is 432 g/mol. The molecule has 0 saturated heterocycles. The zero-order chi connectivity index (χ0) is 24.1. The monoisotopic (exact) mass is 464 g/mol. The number of benzene rings is 1. The molecule has 3 fully saturated rings. The second-order valence-electron chi connectivity index (χ2n) is 10.7. The largest absolute Gasteiger partial charge is 0.455 e. The summed E-state index contributed by atoms with van der Waals surface area (Å²) in [6, 6.07) is 7.40. The number of hydrazone groups is 1. The number of ether oxygens (including phenoxy) is 1. The summed E-state index contributed by atoms with van der Waals surface area (Å²) in [6.07, 6.45) is 5.41. The molecule has 2 bridgehead atoms. The fourth-order valence-electron chi connectivity index (χ4n) is 5.77. The van der Waals surface area contributed by atoms with E-state index < -0.39 is 11.9 Å². The number of nitrogens with zero attached hydrogens (tertiary/aromatic N) is 3. The van der Waals surface area contributed by atoms with Crippen LogP contribution in [0.15, 0.2) is 34.2 Å². The molecule has 0 radical (unpaired) electrons. The number of hydrogen-bond donors (Lipinski definition) is 1. The maximum Gasteiger partial charge on any atom is 0.306 e. The molecule has 2 atom stereocenters. The molecule has 3 aliphatic carbocycles. The Kier molecular flexibility index (Phi) is 5.57. The van der Waals surface area contributed by atoms with Crippen molar-refractivity contribution >= 4 is 28.5 Å². The van der Waals surface area contributed by atoms with E-state index in [9.17, 15) is 14.4 Å². The number of nitrogens with one attached hydrogen (secondary N) is 1. The van der Waals surface area contributed by atoms with E-state index in [1.165, 1.54) is 6.42 Å². The topological polar surface area (TPSA) is 103 Å². The van der Waals surface area contributed by atoms with Gasteiger partial charge in [0.2, 0.25) is 0 Å². The van der Waals surface area contributed by atoms with Gasteiger partial charge in [-0.1, -0.05) is 32.9 Å². The van der Waals surface area contributed by atoms with E-state index in [0.717, 1.165) is 31.4 Å². The van der Waals surface area contributed by atoms with Crippen LogP contribution in [0.4, 0.5) is 0 Å². The highest BCUT2D eigenvalue weighted by Gasteiger charge is 2.60. The Morgan fingerprint density at radius 2 is 1.97 bits per heavy atom. The lowest BCUT2D eigenvalue weighted by molar-refractivity contribution is -0.148. The number of para-hydroxylation sites is 1. The second kappa shape index (κ2) is 8.32. The van der Waals surface area contributed by atoms with E-state index >= 15 is 0 Å². The van der Waals surface area contributed by atoms with Gasteiger partial charge in [-0.3, -0.25) is 19.0 Å². The minimum atomic E-state index is -0.499. The Bertz CT molecular complexity index is 1240. The van der Waals surface area contributed by atoms with Gasteiger partial charge in [0.15, 0.2) is 6.61 Å². The van der Waals surface area contributed by atoms with Crippen molar-refractivity contribution < 1.29 is 14.3 Å². The summed E-state index contributed by atoms with van der Waals surface area (Å²) in [7, 11) is 0. The van der Waals surface area contributed by atoms with Gasteiger partial charge in [-0.05, 0) is 55.6 Å². The lowest BCUT2D eigenvalue weighted by atomic mass is 9.70. The SMILES string of the molecule is CC12CCC(C/C1=N/NC(=O)COC(=O)CCc1nc3ccccc3c(=O)n1C1CC1)C2(C)C. The van der Waals surface area contributed by atoms with Gasteiger partial charge in [0.1, 0.15) is 5.82 Å². The molecule has 1 aromatic carbocycles. The zero-order valence-corrected chi connectivity index (χ0v) is 20.1. The Morgan fingerprint density at radius 1 is 1.21 bits per heavy atom. The molecule has 34 heavy (non-hydrogen) atoms. The number of rotatable bonds is 7. The first-order valence-electron chi connectivity index (χ1n) is 12.2. The number of amides is 1. The predicted molar refractivity (Wildman–Crippen MR) is 128 cm³/mol. The number of carbonyl (C=O) groups is 2. The van der Waals surface area contributed by atoms with Crippen LogP contribution in [0.2, 0.25) is 0 Å². The van der Waals surface area contributed by atoms with E-state index in [1.54, 1.807) is 16.7 Å². The second-order valence-corrected chi connectivity index (χ2v) is 10.7. The zero-order valence-electron chi connectivity index (χ0n) is 20.1. The average Bonchev–Trinajstić information content (AvgIpc) is 3.59. The maximum atomic E-state index is 12.9. The van der Waals surface area contributed by atoms with E-state index in [-0.39, 0.29) is 41.9 Å². The highest BCUT2D eigenvalue weighted by Crippen LogP contribution is 2.63. The Labute approximate surface area is 198 Å². The Hall–Kier alpha value is -3.03. The first kappa shape index (κ1) is 22.7. The molecule has 1 N–H and O–H groups in total. The number of aryl methyl sites for hydroxylation is 1. The number of carbonyl (C=O) groups excluding carboxylic acids is 2. The molecular formula is C26H32N4O4. The number of esters is 1. The van der Waals surface area contributed by atoms with Crippen molar-refractivity contribution in [3.8, 4) is 0 Å². The van der Waals surface area contributed by atoms with Gasteiger partial charge in [0, 0.05) is 23.6 Å². The normalized spacial score (nSPS) is 26.2. The minimum Gasteiger partial charge on any atom is -0.455 e. The summed E-state index contributed by atoms with van der Waals surface area (Å²) in [5.74, 6) is 0.248. The van der Waals surface area contributed by atoms with Gasteiger partial charge >= 0.3 is 5.97 Å². The molecule has 8 nitrogen and oxygen atoms in total. The summed E-state index contributed by atoms with van der Waals surface area (Å²) in [6.45, 7) is 6.42. The van der Waals surface area contributed by atoms with E-state index in [0.29, 0.717) is 22.6 Å². The third kappa shape index (κ3) is 3.83. The van der Waals surface area contributed by atoms with Crippen molar-refractivity contribution in [2.24, 2.45) is 21.8 Å². The third-order valence-corrected chi connectivity index (χ3v) is 8.54. The fourth-order valence-corrected chi connectivity index (χ4v) is 5.77. The van der Waals surface area contributed by atoms with Crippen LogP contribution < -0.4 is 11.0 Å². The highest BCUT2D eigenvalue weighted by atomic mass is 16.5.